The van der Waals surface area contributed by atoms with E-state index in [-0.39, 0.29) is 24.0 Å². The smallest absolute Gasteiger partial charge is 0.291 e. The van der Waals surface area contributed by atoms with Crippen LogP contribution in [0.25, 0.3) is 21.9 Å². The number of hydrazine groups is 1. The Morgan fingerprint density at radius 2 is 1.59 bits per heavy atom. The molecule has 0 fully saturated rings. The summed E-state index contributed by atoms with van der Waals surface area (Å²) in [6, 6.07) is 23.4. The van der Waals surface area contributed by atoms with Crippen LogP contribution in [0.1, 0.15) is 26.5 Å². The third-order valence-corrected chi connectivity index (χ3v) is 5.38. The molecular weight excluding hydrogens is 432 g/mol. The Kier molecular flexibility index (Phi) is 5.53. The van der Waals surface area contributed by atoms with E-state index in [1.54, 1.807) is 42.6 Å². The number of hydrogen-bond acceptors (Lipinski definition) is 4. The predicted molar refractivity (Wildman–Crippen MR) is 128 cm³/mol. The molecule has 3 amide bonds. The fourth-order valence-electron chi connectivity index (χ4n) is 3.68. The largest absolute Gasteiger partial charge is 0.451 e. The number of aromatic amines is 1. The molecule has 5 aromatic rings. The number of rotatable bonds is 5. The number of furan rings is 1. The van der Waals surface area contributed by atoms with Gasteiger partial charge in [0.1, 0.15) is 5.58 Å². The zero-order valence-corrected chi connectivity index (χ0v) is 17.9. The average Bonchev–Trinajstić information content (AvgIpc) is 3.48. The maximum absolute atomic E-state index is 12.5. The Hall–Kier alpha value is -4.85. The van der Waals surface area contributed by atoms with Gasteiger partial charge in [0.25, 0.3) is 11.8 Å². The lowest BCUT2D eigenvalue weighted by Gasteiger charge is -2.08. The zero-order chi connectivity index (χ0) is 23.5. The van der Waals surface area contributed by atoms with Crippen LogP contribution in [0.15, 0.2) is 89.5 Å². The summed E-state index contributed by atoms with van der Waals surface area (Å²) in [5.74, 6) is -0.918. The van der Waals surface area contributed by atoms with Gasteiger partial charge in [-0.25, -0.2) is 0 Å². The van der Waals surface area contributed by atoms with Crippen LogP contribution in [-0.4, -0.2) is 22.7 Å². The first-order valence-corrected chi connectivity index (χ1v) is 10.6. The van der Waals surface area contributed by atoms with Crippen molar-refractivity contribution in [2.24, 2.45) is 0 Å². The molecule has 0 radical (unpaired) electrons. The lowest BCUT2D eigenvalue weighted by Crippen LogP contribution is -2.42. The molecule has 0 unspecified atom stereocenters. The molecule has 34 heavy (non-hydrogen) atoms. The molecule has 0 saturated carbocycles. The number of hydrogen-bond donors (Lipinski definition) is 4. The number of nitrogens with one attached hydrogen (secondary N) is 4. The highest BCUT2D eigenvalue weighted by atomic mass is 16.3. The minimum atomic E-state index is -0.408. The number of carbonyl (C=O) groups is 3. The first kappa shape index (κ1) is 21.0. The molecule has 2 heterocycles. The third kappa shape index (κ3) is 4.37. The lowest BCUT2D eigenvalue weighted by molar-refractivity contribution is -0.121. The Balaban J connectivity index is 1.15. The normalized spacial score (nSPS) is 10.8. The molecule has 0 aliphatic heterocycles. The van der Waals surface area contributed by atoms with E-state index in [0.29, 0.717) is 16.8 Å². The number of amides is 3. The summed E-state index contributed by atoms with van der Waals surface area (Å²) < 4.78 is 5.57. The molecule has 5 rings (SSSR count). The number of H-pyrrole nitrogens is 1. The number of carbonyl (C=O) groups excluding carboxylic acids is 3. The molecule has 2 aromatic heterocycles. The number of fused-ring (bicyclic) bond motifs is 2. The van der Waals surface area contributed by atoms with Crippen molar-refractivity contribution in [2.45, 2.75) is 6.42 Å². The number of aromatic nitrogens is 1. The van der Waals surface area contributed by atoms with Crippen molar-refractivity contribution < 1.29 is 18.8 Å². The quantitative estimate of drug-likeness (QED) is 0.300. The Bertz CT molecular complexity index is 1480. The second-order valence-electron chi connectivity index (χ2n) is 7.73. The maximum Gasteiger partial charge on any atom is 0.291 e. The first-order valence-electron chi connectivity index (χ1n) is 10.6. The topological polar surface area (TPSA) is 116 Å². The highest BCUT2D eigenvalue weighted by Gasteiger charge is 2.14. The van der Waals surface area contributed by atoms with E-state index in [0.717, 1.165) is 21.9 Å². The van der Waals surface area contributed by atoms with E-state index in [1.165, 1.54) is 0 Å². The second-order valence-corrected chi connectivity index (χ2v) is 7.73. The number of benzene rings is 3. The van der Waals surface area contributed by atoms with Gasteiger partial charge in [-0.1, -0.05) is 48.5 Å². The average molecular weight is 452 g/mol. The summed E-state index contributed by atoms with van der Waals surface area (Å²) in [4.78, 5) is 40.2. The van der Waals surface area contributed by atoms with Crippen molar-refractivity contribution in [3.63, 3.8) is 0 Å². The van der Waals surface area contributed by atoms with Crippen LogP contribution >= 0.6 is 0 Å². The van der Waals surface area contributed by atoms with Crippen LogP contribution in [0, 0.1) is 0 Å². The van der Waals surface area contributed by atoms with Crippen molar-refractivity contribution >= 4 is 45.3 Å². The van der Waals surface area contributed by atoms with Gasteiger partial charge in [-0.15, -0.1) is 0 Å². The van der Waals surface area contributed by atoms with Gasteiger partial charge in [0, 0.05) is 28.2 Å². The highest BCUT2D eigenvalue weighted by Crippen LogP contribution is 2.20. The molecule has 8 heteroatoms. The van der Waals surface area contributed by atoms with Crippen molar-refractivity contribution in [3.8, 4) is 0 Å². The fraction of sp³-hybridized carbons (Fsp3) is 0.0385. The summed E-state index contributed by atoms with van der Waals surface area (Å²) in [6.45, 7) is 0. The summed E-state index contributed by atoms with van der Waals surface area (Å²) in [6.07, 6.45) is 1.66. The monoisotopic (exact) mass is 452 g/mol. The zero-order valence-electron chi connectivity index (χ0n) is 17.9. The second kappa shape index (κ2) is 8.95. The van der Waals surface area contributed by atoms with E-state index in [9.17, 15) is 14.4 Å². The van der Waals surface area contributed by atoms with Crippen LogP contribution in [0.3, 0.4) is 0 Å². The molecule has 8 nitrogen and oxygen atoms in total. The molecule has 0 aliphatic carbocycles. The van der Waals surface area contributed by atoms with Gasteiger partial charge in [0.15, 0.2) is 5.76 Å². The summed E-state index contributed by atoms with van der Waals surface area (Å²) in [7, 11) is 0. The highest BCUT2D eigenvalue weighted by molar-refractivity contribution is 6.07. The Morgan fingerprint density at radius 1 is 0.824 bits per heavy atom. The molecule has 0 bridgehead atoms. The summed E-state index contributed by atoms with van der Waals surface area (Å²) in [5, 5.41) is 4.40. The third-order valence-electron chi connectivity index (χ3n) is 5.38. The van der Waals surface area contributed by atoms with E-state index in [1.807, 2.05) is 42.5 Å². The first-order chi connectivity index (χ1) is 16.6. The molecule has 3 aromatic carbocycles. The minimum Gasteiger partial charge on any atom is -0.451 e. The van der Waals surface area contributed by atoms with Gasteiger partial charge >= 0.3 is 0 Å². The van der Waals surface area contributed by atoms with E-state index < -0.39 is 5.91 Å². The van der Waals surface area contributed by atoms with E-state index >= 15 is 0 Å². The van der Waals surface area contributed by atoms with E-state index in [4.69, 9.17) is 4.42 Å². The lowest BCUT2D eigenvalue weighted by atomic mass is 10.1. The summed E-state index contributed by atoms with van der Waals surface area (Å²) in [5.41, 5.74) is 8.09. The van der Waals surface area contributed by atoms with Gasteiger partial charge in [0.05, 0.1) is 12.0 Å². The Morgan fingerprint density at radius 3 is 2.41 bits per heavy atom. The van der Waals surface area contributed by atoms with Crippen molar-refractivity contribution in [1.82, 2.24) is 15.8 Å². The van der Waals surface area contributed by atoms with Crippen LogP contribution in [-0.2, 0) is 11.2 Å². The van der Waals surface area contributed by atoms with Gasteiger partial charge in [0.2, 0.25) is 5.91 Å². The van der Waals surface area contributed by atoms with Crippen LogP contribution in [0.4, 0.5) is 5.69 Å². The number of anilines is 1. The molecule has 4 N–H and O–H groups in total. The van der Waals surface area contributed by atoms with Gasteiger partial charge in [-0.2, -0.15) is 0 Å². The minimum absolute atomic E-state index is 0.0615. The van der Waals surface area contributed by atoms with Crippen LogP contribution in [0.2, 0.25) is 0 Å². The summed E-state index contributed by atoms with van der Waals surface area (Å²) >= 11 is 0. The van der Waals surface area contributed by atoms with Crippen molar-refractivity contribution in [1.29, 1.82) is 0 Å². The maximum atomic E-state index is 12.5. The molecule has 0 spiro atoms. The predicted octanol–water partition coefficient (Wildman–Crippen LogP) is 4.17. The SMILES string of the molecule is O=C(Cc1ccc(NC(=O)c2cc3ccccc3o2)cc1)NNC(=O)c1c[nH]c2ccccc12. The van der Waals surface area contributed by atoms with Gasteiger partial charge in [-0.3, -0.25) is 25.2 Å². The molecule has 168 valence electrons. The van der Waals surface area contributed by atoms with Gasteiger partial charge < -0.3 is 14.7 Å². The van der Waals surface area contributed by atoms with Crippen LogP contribution < -0.4 is 16.2 Å². The standard InChI is InChI=1S/C26H20N4O4/c31-24(29-30-25(32)20-15-27-21-7-3-2-6-19(20)21)13-16-9-11-18(12-10-16)28-26(33)23-14-17-5-1-4-8-22(17)34-23/h1-12,14-15,27H,13H2,(H,28,33)(H,29,31)(H,30,32). The Labute approximate surface area is 193 Å². The van der Waals surface area contributed by atoms with Crippen molar-refractivity contribution in [2.75, 3.05) is 5.32 Å². The van der Waals surface area contributed by atoms with Gasteiger partial charge in [-0.05, 0) is 35.9 Å². The molecule has 0 atom stereocenters. The molecule has 0 aliphatic rings. The fourth-order valence-corrected chi connectivity index (χ4v) is 3.68. The molecular formula is C26H20N4O4. The van der Waals surface area contributed by atoms with E-state index in [2.05, 4.69) is 21.2 Å². The molecule has 0 saturated heterocycles. The number of para-hydroxylation sites is 2. The van der Waals surface area contributed by atoms with Crippen LogP contribution in [0.5, 0.6) is 0 Å². The van der Waals surface area contributed by atoms with Crippen molar-refractivity contribution in [3.05, 3.63) is 102 Å².